The highest BCUT2D eigenvalue weighted by Gasteiger charge is 2.27. The highest BCUT2D eigenvalue weighted by Crippen LogP contribution is 2.32. The predicted molar refractivity (Wildman–Crippen MR) is 85.1 cm³/mol. The number of benzene rings is 1. The summed E-state index contributed by atoms with van der Waals surface area (Å²) in [6, 6.07) is 6.21. The molecule has 1 aliphatic carbocycles. The monoisotopic (exact) mass is 274 g/mol. The van der Waals surface area contributed by atoms with Crippen LogP contribution in [0.2, 0.25) is 0 Å². The van der Waals surface area contributed by atoms with Crippen molar-refractivity contribution in [3.63, 3.8) is 0 Å². The summed E-state index contributed by atoms with van der Waals surface area (Å²) in [5.74, 6) is 1.44. The first-order valence-corrected chi connectivity index (χ1v) is 7.66. The van der Waals surface area contributed by atoms with Gasteiger partial charge >= 0.3 is 0 Å². The number of anilines is 2. The Labute approximate surface area is 121 Å². The van der Waals surface area contributed by atoms with Gasteiger partial charge in [0.1, 0.15) is 0 Å². The van der Waals surface area contributed by atoms with E-state index in [0.29, 0.717) is 23.2 Å². The van der Waals surface area contributed by atoms with Crippen LogP contribution in [0.5, 0.6) is 0 Å². The Morgan fingerprint density at radius 2 is 2.00 bits per heavy atom. The van der Waals surface area contributed by atoms with E-state index in [4.69, 9.17) is 5.73 Å². The number of hydrogen-bond donors (Lipinski definition) is 2. The summed E-state index contributed by atoms with van der Waals surface area (Å²) in [5, 5.41) is 3.63. The van der Waals surface area contributed by atoms with Crippen LogP contribution in [0, 0.1) is 11.8 Å². The zero-order valence-corrected chi connectivity index (χ0v) is 12.8. The Kier molecular flexibility index (Phi) is 4.69. The molecule has 0 spiro atoms. The molecule has 2 rings (SSSR count). The number of hydrogen-bond acceptors (Lipinski definition) is 3. The minimum Gasteiger partial charge on any atom is -0.398 e. The Hall–Kier alpha value is -1.51. The first-order chi connectivity index (χ1) is 9.49. The molecule has 2 atom stereocenters. The van der Waals surface area contributed by atoms with Gasteiger partial charge in [-0.1, -0.05) is 26.7 Å². The highest BCUT2D eigenvalue weighted by molar-refractivity contribution is 5.99. The number of nitrogen functional groups attached to an aromatic ring is 1. The van der Waals surface area contributed by atoms with E-state index in [9.17, 15) is 4.79 Å². The van der Waals surface area contributed by atoms with E-state index in [1.165, 1.54) is 25.7 Å². The zero-order chi connectivity index (χ0) is 14.7. The first kappa shape index (κ1) is 14.9. The number of rotatable bonds is 4. The number of nitrogens with one attached hydrogen (secondary N) is 1. The normalized spacial score (nSPS) is 22.8. The lowest BCUT2D eigenvalue weighted by molar-refractivity contribution is 0.101. The van der Waals surface area contributed by atoms with Gasteiger partial charge in [0.25, 0.3) is 0 Å². The lowest BCUT2D eigenvalue weighted by atomic mass is 9.78. The van der Waals surface area contributed by atoms with Gasteiger partial charge in [0.05, 0.1) is 0 Å². The van der Waals surface area contributed by atoms with E-state index in [-0.39, 0.29) is 5.78 Å². The summed E-state index contributed by atoms with van der Waals surface area (Å²) in [6.45, 7) is 6.16. The maximum Gasteiger partial charge on any atom is 0.161 e. The number of Topliss-reactive ketones (excluding diaryl/α,β-unsaturated/α-hetero) is 1. The summed E-state index contributed by atoms with van der Waals surface area (Å²) in [4.78, 5) is 11.4. The molecule has 3 heteroatoms. The predicted octanol–water partition coefficient (Wildman–Crippen LogP) is 4.10. The fraction of sp³-hybridized carbons (Fsp3) is 0.588. The van der Waals surface area contributed by atoms with Crippen molar-refractivity contribution >= 4 is 17.2 Å². The summed E-state index contributed by atoms with van der Waals surface area (Å²) >= 11 is 0. The minimum atomic E-state index is 0.0202. The third-order valence-electron chi connectivity index (χ3n) is 4.46. The van der Waals surface area contributed by atoms with Gasteiger partial charge in [0.2, 0.25) is 0 Å². The van der Waals surface area contributed by atoms with E-state index in [2.05, 4.69) is 19.2 Å². The number of ketones is 1. The zero-order valence-electron chi connectivity index (χ0n) is 12.8. The summed E-state index contributed by atoms with van der Waals surface area (Å²) in [7, 11) is 0. The maximum absolute atomic E-state index is 11.4. The van der Waals surface area contributed by atoms with Crippen LogP contribution in [0.3, 0.4) is 0 Å². The summed E-state index contributed by atoms with van der Waals surface area (Å²) in [6.07, 6.45) is 5.15. The molecule has 0 bridgehead atoms. The quantitative estimate of drug-likeness (QED) is 0.642. The molecule has 1 fully saturated rings. The Morgan fingerprint density at radius 3 is 2.60 bits per heavy atom. The molecule has 1 saturated carbocycles. The van der Waals surface area contributed by atoms with E-state index in [1.54, 1.807) is 6.92 Å². The molecular weight excluding hydrogens is 248 g/mol. The van der Waals surface area contributed by atoms with Crippen LogP contribution in [-0.4, -0.2) is 11.8 Å². The Morgan fingerprint density at radius 1 is 1.30 bits per heavy atom. The standard InChI is InChI=1S/C17H26N2O/c1-11(2)14-6-4-5-7-17(14)19-13-8-9-15(12(3)20)16(18)10-13/h8-11,14,17,19H,4-7,18H2,1-3H3. The fourth-order valence-corrected chi connectivity index (χ4v) is 3.32. The van der Waals surface area contributed by atoms with Crippen molar-refractivity contribution in [2.75, 3.05) is 11.1 Å². The summed E-state index contributed by atoms with van der Waals surface area (Å²) in [5.41, 5.74) is 8.17. The van der Waals surface area contributed by atoms with Crippen LogP contribution in [0.15, 0.2) is 18.2 Å². The molecule has 20 heavy (non-hydrogen) atoms. The van der Waals surface area contributed by atoms with Gasteiger partial charge in [-0.15, -0.1) is 0 Å². The second-order valence-electron chi connectivity index (χ2n) is 6.30. The van der Waals surface area contributed by atoms with Crippen LogP contribution in [0.1, 0.15) is 56.8 Å². The number of carbonyl (C=O) groups excluding carboxylic acids is 1. The van der Waals surface area contributed by atoms with Gasteiger partial charge in [-0.05, 0) is 49.8 Å². The maximum atomic E-state index is 11.4. The molecule has 0 aromatic heterocycles. The van der Waals surface area contributed by atoms with E-state index >= 15 is 0 Å². The Balaban J connectivity index is 2.12. The van der Waals surface area contributed by atoms with Gasteiger partial charge in [-0.25, -0.2) is 0 Å². The second-order valence-corrected chi connectivity index (χ2v) is 6.30. The fourth-order valence-electron chi connectivity index (χ4n) is 3.32. The minimum absolute atomic E-state index is 0.0202. The van der Waals surface area contributed by atoms with Gasteiger partial charge in [-0.3, -0.25) is 4.79 Å². The molecule has 1 aliphatic rings. The Bertz CT molecular complexity index is 482. The smallest absolute Gasteiger partial charge is 0.161 e. The van der Waals surface area contributed by atoms with E-state index in [0.717, 1.165) is 11.6 Å². The molecule has 0 aliphatic heterocycles. The average Bonchev–Trinajstić information content (AvgIpc) is 2.38. The van der Waals surface area contributed by atoms with Crippen LogP contribution in [0.4, 0.5) is 11.4 Å². The molecule has 110 valence electrons. The molecule has 0 radical (unpaired) electrons. The number of nitrogens with two attached hydrogens (primary N) is 1. The van der Waals surface area contributed by atoms with Crippen molar-refractivity contribution in [1.29, 1.82) is 0 Å². The molecule has 0 saturated heterocycles. The largest absolute Gasteiger partial charge is 0.398 e. The first-order valence-electron chi connectivity index (χ1n) is 7.66. The van der Waals surface area contributed by atoms with Crippen molar-refractivity contribution in [2.24, 2.45) is 11.8 Å². The topological polar surface area (TPSA) is 55.1 Å². The molecule has 1 aromatic carbocycles. The highest BCUT2D eigenvalue weighted by atomic mass is 16.1. The van der Waals surface area contributed by atoms with Crippen molar-refractivity contribution in [1.82, 2.24) is 0 Å². The molecule has 0 heterocycles. The van der Waals surface area contributed by atoms with Crippen molar-refractivity contribution < 1.29 is 4.79 Å². The second kappa shape index (κ2) is 6.29. The third kappa shape index (κ3) is 3.33. The van der Waals surface area contributed by atoms with Crippen molar-refractivity contribution in [3.8, 4) is 0 Å². The van der Waals surface area contributed by atoms with Crippen LogP contribution < -0.4 is 11.1 Å². The third-order valence-corrected chi connectivity index (χ3v) is 4.46. The van der Waals surface area contributed by atoms with E-state index in [1.807, 2.05) is 18.2 Å². The van der Waals surface area contributed by atoms with Crippen LogP contribution >= 0.6 is 0 Å². The van der Waals surface area contributed by atoms with Gasteiger partial charge in [0, 0.05) is 23.0 Å². The molecule has 3 N–H and O–H groups in total. The van der Waals surface area contributed by atoms with Gasteiger partial charge in [0.15, 0.2) is 5.78 Å². The molecule has 2 unspecified atom stereocenters. The molecule has 1 aromatic rings. The lowest BCUT2D eigenvalue weighted by Gasteiger charge is -2.35. The van der Waals surface area contributed by atoms with E-state index < -0.39 is 0 Å². The number of carbonyl (C=O) groups is 1. The van der Waals surface area contributed by atoms with Crippen LogP contribution in [-0.2, 0) is 0 Å². The molecule has 0 amide bonds. The van der Waals surface area contributed by atoms with Gasteiger partial charge < -0.3 is 11.1 Å². The average molecular weight is 274 g/mol. The summed E-state index contributed by atoms with van der Waals surface area (Å²) < 4.78 is 0. The SMILES string of the molecule is CC(=O)c1ccc(NC2CCCCC2C(C)C)cc1N. The lowest BCUT2D eigenvalue weighted by Crippen LogP contribution is -2.35. The molecule has 3 nitrogen and oxygen atoms in total. The molecular formula is C17H26N2O. The van der Waals surface area contributed by atoms with Gasteiger partial charge in [-0.2, -0.15) is 0 Å². The van der Waals surface area contributed by atoms with Crippen molar-refractivity contribution in [3.05, 3.63) is 23.8 Å². The van der Waals surface area contributed by atoms with Crippen LogP contribution in [0.25, 0.3) is 0 Å². The van der Waals surface area contributed by atoms with Crippen molar-refractivity contribution in [2.45, 2.75) is 52.5 Å².